The standard InChI is InChI=1S/C17H26N4O9.H4NO3P/c18-9-5-8-21(17(29)19-9)16-13(27)12(26)14(30-16)15(28)20(6-1-3-10(22)23)7-2-4-11(24)25;1-5(2,3)4/h5,8,12-16,26-28H,1-4,6-7H2,(H,22,23)(H,24,25)(H2,18,19,29);(H4,1,2,3,4)/t12-,13+,14-,15?,16+;/m0./s1. The van der Waals surface area contributed by atoms with Crippen molar-refractivity contribution >= 4 is 25.5 Å². The van der Waals surface area contributed by atoms with Crippen molar-refractivity contribution in [2.75, 3.05) is 18.8 Å². The molecule has 1 aliphatic heterocycles. The Balaban J connectivity index is 0.00000111. The molecule has 0 aliphatic carbocycles. The van der Waals surface area contributed by atoms with Crippen molar-refractivity contribution in [2.45, 2.75) is 56.5 Å². The highest BCUT2D eigenvalue weighted by molar-refractivity contribution is 7.49. The highest BCUT2D eigenvalue weighted by Gasteiger charge is 2.48. The van der Waals surface area contributed by atoms with E-state index in [9.17, 15) is 29.7 Å². The minimum atomic E-state index is -4.14. The Labute approximate surface area is 198 Å². The Morgan fingerprint density at radius 2 is 1.63 bits per heavy atom. The van der Waals surface area contributed by atoms with Gasteiger partial charge in [0.2, 0.25) is 0 Å². The molecule has 1 aromatic rings. The van der Waals surface area contributed by atoms with Crippen LogP contribution < -0.4 is 16.9 Å². The first-order chi connectivity index (χ1) is 16.1. The number of nitrogen functional groups attached to an aromatic ring is 1. The molecule has 1 unspecified atom stereocenters. The van der Waals surface area contributed by atoms with Gasteiger partial charge in [-0.3, -0.25) is 19.1 Å². The molecule has 0 aromatic carbocycles. The minimum absolute atomic E-state index is 0.0380. The third kappa shape index (κ3) is 10.8. The maximum atomic E-state index is 12.0. The highest BCUT2D eigenvalue weighted by atomic mass is 31.2. The summed E-state index contributed by atoms with van der Waals surface area (Å²) in [6.45, 7) is 0.174. The second kappa shape index (κ2) is 13.6. The van der Waals surface area contributed by atoms with Crippen molar-refractivity contribution < 1.29 is 54.2 Å². The number of aliphatic hydroxyl groups excluding tert-OH is 3. The van der Waals surface area contributed by atoms with Crippen LogP contribution in [0, 0.1) is 0 Å². The molecule has 0 saturated carbocycles. The Kier molecular flexibility index (Phi) is 11.9. The van der Waals surface area contributed by atoms with Gasteiger partial charge in [0.15, 0.2) is 6.23 Å². The summed E-state index contributed by atoms with van der Waals surface area (Å²) in [5, 5.41) is 49.0. The van der Waals surface area contributed by atoms with Gasteiger partial charge in [0.1, 0.15) is 30.4 Å². The molecule has 0 amide bonds. The number of aliphatic carboxylic acids is 2. The number of anilines is 1. The lowest BCUT2D eigenvalue weighted by molar-refractivity contribution is -0.144. The summed E-state index contributed by atoms with van der Waals surface area (Å²) >= 11 is 0. The van der Waals surface area contributed by atoms with Gasteiger partial charge in [-0.25, -0.2) is 14.9 Å². The second-order valence-corrected chi connectivity index (χ2v) is 8.73. The molecule has 18 heteroatoms. The van der Waals surface area contributed by atoms with E-state index < -0.39 is 56.1 Å². The number of nitrogens with two attached hydrogens (primary N) is 2. The van der Waals surface area contributed by atoms with Crippen LogP contribution in [0.2, 0.25) is 0 Å². The molecule has 0 bridgehead atoms. The summed E-state index contributed by atoms with van der Waals surface area (Å²) in [6, 6.07) is 1.30. The number of carboxylic acids is 2. The summed E-state index contributed by atoms with van der Waals surface area (Å²) in [5.74, 6) is -2.10. The molecule has 1 aromatic heterocycles. The van der Waals surface area contributed by atoms with E-state index in [4.69, 9.17) is 35.0 Å². The first kappa shape index (κ1) is 30.6. The number of ether oxygens (including phenoxy) is 1. The van der Waals surface area contributed by atoms with Gasteiger partial charge < -0.3 is 45.8 Å². The van der Waals surface area contributed by atoms with Gasteiger partial charge in [0, 0.05) is 32.1 Å². The predicted molar refractivity (Wildman–Crippen MR) is 116 cm³/mol. The third-order valence-corrected chi connectivity index (χ3v) is 4.74. The SMILES string of the molecule is NP(=O)(O)O.Nc1ccn([C@@H]2O[C@H](C(O)N(CCCC(=O)O)CCCC(=O)O)[C@@H](O)[C@H]2O)c(=O)n1. The monoisotopic (exact) mass is 527 g/mol. The average molecular weight is 527 g/mol. The number of carbonyl (C=O) groups is 2. The summed E-state index contributed by atoms with van der Waals surface area (Å²) in [7, 11) is -4.14. The number of aromatic nitrogens is 2. The zero-order valence-electron chi connectivity index (χ0n) is 18.4. The Morgan fingerprint density at radius 3 is 2.06 bits per heavy atom. The smallest absolute Gasteiger partial charge is 0.397 e. The van der Waals surface area contributed by atoms with Gasteiger partial charge in [-0.15, -0.1) is 0 Å². The van der Waals surface area contributed by atoms with Crippen molar-refractivity contribution in [1.29, 1.82) is 0 Å². The molecule has 1 fully saturated rings. The molecule has 1 saturated heterocycles. The number of hydrogen-bond donors (Lipinski definition) is 9. The minimum Gasteiger partial charge on any atom is -0.481 e. The number of hydrogen-bond acceptors (Lipinski definition) is 11. The molecule has 17 nitrogen and oxygen atoms in total. The predicted octanol–water partition coefficient (Wildman–Crippen LogP) is -3.17. The largest absolute Gasteiger partial charge is 0.481 e. The van der Waals surface area contributed by atoms with Crippen LogP contribution in [0.1, 0.15) is 31.9 Å². The van der Waals surface area contributed by atoms with Gasteiger partial charge in [-0.05, 0) is 18.9 Å². The van der Waals surface area contributed by atoms with E-state index in [1.807, 2.05) is 0 Å². The van der Waals surface area contributed by atoms with Crippen LogP contribution in [0.15, 0.2) is 17.1 Å². The van der Waals surface area contributed by atoms with Gasteiger partial charge in [-0.1, -0.05) is 0 Å². The molecular weight excluding hydrogens is 497 g/mol. The summed E-state index contributed by atoms with van der Waals surface area (Å²) < 4.78 is 15.6. The van der Waals surface area contributed by atoms with E-state index in [1.54, 1.807) is 0 Å². The van der Waals surface area contributed by atoms with E-state index in [1.165, 1.54) is 17.2 Å². The van der Waals surface area contributed by atoms with Crippen molar-refractivity contribution in [1.82, 2.24) is 14.5 Å². The van der Waals surface area contributed by atoms with E-state index in [2.05, 4.69) is 10.5 Å². The quantitative estimate of drug-likeness (QED) is 0.101. The molecule has 2 heterocycles. The van der Waals surface area contributed by atoms with Gasteiger partial charge in [0.25, 0.3) is 0 Å². The van der Waals surface area contributed by atoms with Crippen LogP contribution in [-0.2, 0) is 18.9 Å². The zero-order chi connectivity index (χ0) is 26.9. The topological polar surface area (TPSA) is 292 Å². The fourth-order valence-corrected chi connectivity index (χ4v) is 3.23. The van der Waals surface area contributed by atoms with E-state index >= 15 is 0 Å². The van der Waals surface area contributed by atoms with Crippen molar-refractivity contribution in [3.63, 3.8) is 0 Å². The van der Waals surface area contributed by atoms with Crippen LogP contribution in [0.5, 0.6) is 0 Å². The Morgan fingerprint density at radius 1 is 1.14 bits per heavy atom. The lowest BCUT2D eigenvalue weighted by Gasteiger charge is -2.32. The summed E-state index contributed by atoms with van der Waals surface area (Å²) in [5.41, 5.74) is 8.63. The molecule has 1 aliphatic rings. The maximum Gasteiger partial charge on any atom is 0.397 e. The molecule has 200 valence electrons. The average Bonchev–Trinajstić information content (AvgIpc) is 2.99. The molecule has 5 atom stereocenters. The number of rotatable bonds is 11. The molecule has 35 heavy (non-hydrogen) atoms. The van der Waals surface area contributed by atoms with E-state index in [-0.39, 0.29) is 44.6 Å². The first-order valence-corrected chi connectivity index (χ1v) is 11.9. The summed E-state index contributed by atoms with van der Waals surface area (Å²) in [4.78, 5) is 53.2. The number of nitrogens with zero attached hydrogens (tertiary/aromatic N) is 3. The molecular formula is C17H30N5O12P. The highest BCUT2D eigenvalue weighted by Crippen LogP contribution is 2.31. The van der Waals surface area contributed by atoms with Crippen molar-refractivity contribution in [2.24, 2.45) is 5.50 Å². The van der Waals surface area contributed by atoms with E-state index in [0.29, 0.717) is 0 Å². The lowest BCUT2D eigenvalue weighted by atomic mass is 10.1. The maximum absolute atomic E-state index is 12.0. The molecule has 0 radical (unpaired) electrons. The fraction of sp³-hybridized carbons (Fsp3) is 0.647. The van der Waals surface area contributed by atoms with Crippen LogP contribution in [0.4, 0.5) is 5.82 Å². The normalized spacial score (nSPS) is 22.9. The molecule has 0 spiro atoms. The second-order valence-electron chi connectivity index (χ2n) is 7.55. The Bertz CT molecular complexity index is 927. The van der Waals surface area contributed by atoms with Gasteiger partial charge in [-0.2, -0.15) is 4.98 Å². The fourth-order valence-electron chi connectivity index (χ4n) is 3.23. The van der Waals surface area contributed by atoms with Crippen LogP contribution >= 0.6 is 7.75 Å². The van der Waals surface area contributed by atoms with Gasteiger partial charge in [0.05, 0.1) is 0 Å². The molecule has 2 rings (SSSR count). The van der Waals surface area contributed by atoms with Crippen LogP contribution in [-0.4, -0.2) is 99.3 Å². The van der Waals surface area contributed by atoms with Crippen LogP contribution in [0.25, 0.3) is 0 Å². The van der Waals surface area contributed by atoms with Gasteiger partial charge >= 0.3 is 25.4 Å². The van der Waals surface area contributed by atoms with Crippen molar-refractivity contribution in [3.05, 3.63) is 22.7 Å². The van der Waals surface area contributed by atoms with E-state index in [0.717, 1.165) is 4.57 Å². The number of carboxylic acid groups (broad SMARTS) is 2. The number of aliphatic hydroxyl groups is 3. The lowest BCUT2D eigenvalue weighted by Crippen LogP contribution is -2.49. The molecule has 11 N–H and O–H groups in total. The van der Waals surface area contributed by atoms with Crippen molar-refractivity contribution in [3.8, 4) is 0 Å². The third-order valence-electron chi connectivity index (χ3n) is 4.74. The Hall–Kier alpha value is -2.47. The summed E-state index contributed by atoms with van der Waals surface area (Å²) in [6.07, 6.45) is -6.09. The van der Waals surface area contributed by atoms with Crippen LogP contribution in [0.3, 0.4) is 0 Å². The zero-order valence-corrected chi connectivity index (χ0v) is 19.3. The first-order valence-electron chi connectivity index (χ1n) is 10.2.